The fraction of sp³-hybridized carbons (Fsp3) is 0.733. The predicted octanol–water partition coefficient (Wildman–Crippen LogP) is 1.95. The zero-order valence-electron chi connectivity index (χ0n) is 12.5. The molecule has 0 spiro atoms. The second-order valence-electron chi connectivity index (χ2n) is 5.57. The Morgan fingerprint density at radius 1 is 1.25 bits per heavy atom. The molecule has 0 bridgehead atoms. The van der Waals surface area contributed by atoms with Crippen molar-refractivity contribution in [2.45, 2.75) is 52.0 Å². The minimum Gasteiger partial charge on any atom is -0.339 e. The third-order valence-electron chi connectivity index (χ3n) is 4.05. The molecule has 112 valence electrons. The zero-order valence-corrected chi connectivity index (χ0v) is 12.5. The van der Waals surface area contributed by atoms with Crippen molar-refractivity contribution >= 4 is 5.91 Å². The SMILES string of the molecule is Cc1c(C(=O)N2CCCCCCC2)cnn1CCCN. The van der Waals surface area contributed by atoms with Gasteiger partial charge in [0.05, 0.1) is 11.8 Å². The molecule has 0 radical (unpaired) electrons. The van der Waals surface area contributed by atoms with Crippen molar-refractivity contribution < 1.29 is 4.79 Å². The van der Waals surface area contributed by atoms with Crippen LogP contribution in [0.2, 0.25) is 0 Å². The van der Waals surface area contributed by atoms with E-state index in [1.54, 1.807) is 6.20 Å². The average molecular weight is 278 g/mol. The summed E-state index contributed by atoms with van der Waals surface area (Å²) in [5.74, 6) is 0.142. The molecule has 0 aromatic carbocycles. The van der Waals surface area contributed by atoms with Gasteiger partial charge in [0.2, 0.25) is 0 Å². The molecule has 1 aromatic rings. The molecule has 1 amide bonds. The van der Waals surface area contributed by atoms with Gasteiger partial charge in [0, 0.05) is 25.3 Å². The van der Waals surface area contributed by atoms with Gasteiger partial charge in [-0.3, -0.25) is 9.48 Å². The first-order valence-corrected chi connectivity index (χ1v) is 7.76. The fourth-order valence-corrected chi connectivity index (χ4v) is 2.74. The van der Waals surface area contributed by atoms with Crippen LogP contribution in [0.4, 0.5) is 0 Å². The molecule has 0 aliphatic carbocycles. The molecule has 0 unspecified atom stereocenters. The smallest absolute Gasteiger partial charge is 0.257 e. The molecule has 1 aliphatic rings. The van der Waals surface area contributed by atoms with Gasteiger partial charge in [0.15, 0.2) is 0 Å². The van der Waals surface area contributed by atoms with E-state index in [0.29, 0.717) is 6.54 Å². The third-order valence-corrected chi connectivity index (χ3v) is 4.05. The largest absolute Gasteiger partial charge is 0.339 e. The van der Waals surface area contributed by atoms with Crippen LogP contribution in [0.3, 0.4) is 0 Å². The van der Waals surface area contributed by atoms with Gasteiger partial charge in [-0.15, -0.1) is 0 Å². The lowest BCUT2D eigenvalue weighted by atomic mass is 10.1. The normalized spacial score (nSPS) is 16.8. The van der Waals surface area contributed by atoms with E-state index in [-0.39, 0.29) is 5.91 Å². The Labute approximate surface area is 121 Å². The van der Waals surface area contributed by atoms with Gasteiger partial charge in [-0.25, -0.2) is 0 Å². The Kier molecular flexibility index (Phi) is 5.59. The van der Waals surface area contributed by atoms with Crippen molar-refractivity contribution in [1.29, 1.82) is 0 Å². The Hall–Kier alpha value is -1.36. The van der Waals surface area contributed by atoms with Crippen LogP contribution in [0, 0.1) is 6.92 Å². The van der Waals surface area contributed by atoms with Crippen LogP contribution in [0.25, 0.3) is 0 Å². The molecule has 20 heavy (non-hydrogen) atoms. The topological polar surface area (TPSA) is 64.2 Å². The standard InChI is InChI=1S/C15H26N4O/c1-13-14(12-17-19(13)11-7-8-16)15(20)18-9-5-3-2-4-6-10-18/h12H,2-11,16H2,1H3. The number of aryl methyl sites for hydroxylation is 1. The second kappa shape index (κ2) is 7.43. The lowest BCUT2D eigenvalue weighted by molar-refractivity contribution is 0.0741. The van der Waals surface area contributed by atoms with E-state index < -0.39 is 0 Å². The highest BCUT2D eigenvalue weighted by atomic mass is 16.2. The molecule has 1 aliphatic heterocycles. The van der Waals surface area contributed by atoms with Gasteiger partial charge in [-0.05, 0) is 32.7 Å². The van der Waals surface area contributed by atoms with Crippen molar-refractivity contribution in [1.82, 2.24) is 14.7 Å². The monoisotopic (exact) mass is 278 g/mol. The second-order valence-corrected chi connectivity index (χ2v) is 5.57. The number of carbonyl (C=O) groups excluding carboxylic acids is 1. The minimum absolute atomic E-state index is 0.142. The highest BCUT2D eigenvalue weighted by Crippen LogP contribution is 2.16. The summed E-state index contributed by atoms with van der Waals surface area (Å²) in [6, 6.07) is 0. The van der Waals surface area contributed by atoms with E-state index in [2.05, 4.69) is 5.10 Å². The zero-order chi connectivity index (χ0) is 14.4. The number of rotatable bonds is 4. The molecule has 0 saturated carbocycles. The number of nitrogens with two attached hydrogens (primary N) is 1. The number of amides is 1. The van der Waals surface area contributed by atoms with Gasteiger partial charge >= 0.3 is 0 Å². The quantitative estimate of drug-likeness (QED) is 0.915. The molecule has 5 nitrogen and oxygen atoms in total. The van der Waals surface area contributed by atoms with E-state index in [1.807, 2.05) is 16.5 Å². The van der Waals surface area contributed by atoms with Crippen molar-refractivity contribution in [3.05, 3.63) is 17.5 Å². The summed E-state index contributed by atoms with van der Waals surface area (Å²) in [6.07, 6.45) is 8.61. The van der Waals surface area contributed by atoms with Crippen LogP contribution in [0.15, 0.2) is 6.20 Å². The van der Waals surface area contributed by atoms with Gasteiger partial charge in [-0.2, -0.15) is 5.10 Å². The maximum atomic E-state index is 12.6. The number of hydrogen-bond donors (Lipinski definition) is 1. The van der Waals surface area contributed by atoms with Gasteiger partial charge in [0.25, 0.3) is 5.91 Å². The molecule has 1 fully saturated rings. The summed E-state index contributed by atoms with van der Waals surface area (Å²) in [4.78, 5) is 14.6. The van der Waals surface area contributed by atoms with Gasteiger partial charge in [0.1, 0.15) is 0 Å². The van der Waals surface area contributed by atoms with Gasteiger partial charge in [-0.1, -0.05) is 19.3 Å². The van der Waals surface area contributed by atoms with E-state index in [4.69, 9.17) is 5.73 Å². The first-order valence-electron chi connectivity index (χ1n) is 7.76. The number of likely N-dealkylation sites (tertiary alicyclic amines) is 1. The molecular formula is C15H26N4O. The number of aromatic nitrogens is 2. The number of nitrogens with zero attached hydrogens (tertiary/aromatic N) is 3. The summed E-state index contributed by atoms with van der Waals surface area (Å²) < 4.78 is 1.89. The highest BCUT2D eigenvalue weighted by molar-refractivity contribution is 5.95. The van der Waals surface area contributed by atoms with E-state index in [0.717, 1.165) is 50.2 Å². The number of hydrogen-bond acceptors (Lipinski definition) is 3. The van der Waals surface area contributed by atoms with E-state index in [9.17, 15) is 4.79 Å². The lowest BCUT2D eigenvalue weighted by Crippen LogP contribution is -2.34. The highest BCUT2D eigenvalue weighted by Gasteiger charge is 2.20. The fourth-order valence-electron chi connectivity index (χ4n) is 2.74. The van der Waals surface area contributed by atoms with Crippen molar-refractivity contribution in [3.63, 3.8) is 0 Å². The van der Waals surface area contributed by atoms with Gasteiger partial charge < -0.3 is 10.6 Å². The Bertz CT molecular complexity index is 433. The summed E-state index contributed by atoms with van der Waals surface area (Å²) in [5.41, 5.74) is 7.24. The minimum atomic E-state index is 0.142. The Balaban J connectivity index is 2.05. The first kappa shape index (κ1) is 15.0. The maximum Gasteiger partial charge on any atom is 0.257 e. The molecule has 1 saturated heterocycles. The lowest BCUT2D eigenvalue weighted by Gasteiger charge is -2.24. The molecule has 1 aromatic heterocycles. The Morgan fingerprint density at radius 3 is 2.55 bits per heavy atom. The molecule has 5 heteroatoms. The molecule has 0 atom stereocenters. The summed E-state index contributed by atoms with van der Waals surface area (Å²) in [7, 11) is 0. The summed E-state index contributed by atoms with van der Waals surface area (Å²) in [6.45, 7) is 5.17. The average Bonchev–Trinajstić information content (AvgIpc) is 2.76. The molecule has 2 rings (SSSR count). The Morgan fingerprint density at radius 2 is 1.90 bits per heavy atom. The van der Waals surface area contributed by atoms with Crippen LogP contribution >= 0.6 is 0 Å². The van der Waals surface area contributed by atoms with Crippen LogP contribution in [0.1, 0.15) is 54.6 Å². The van der Waals surface area contributed by atoms with Crippen LogP contribution in [-0.2, 0) is 6.54 Å². The molecular weight excluding hydrogens is 252 g/mol. The van der Waals surface area contributed by atoms with Crippen LogP contribution in [-0.4, -0.2) is 40.2 Å². The first-order chi connectivity index (χ1) is 9.74. The third kappa shape index (κ3) is 3.60. The van der Waals surface area contributed by atoms with Crippen LogP contribution in [0.5, 0.6) is 0 Å². The maximum absolute atomic E-state index is 12.6. The summed E-state index contributed by atoms with van der Waals surface area (Å²) in [5, 5.41) is 4.32. The van der Waals surface area contributed by atoms with Crippen molar-refractivity contribution in [2.75, 3.05) is 19.6 Å². The van der Waals surface area contributed by atoms with Crippen molar-refractivity contribution in [3.8, 4) is 0 Å². The molecule has 2 heterocycles. The van der Waals surface area contributed by atoms with Crippen LogP contribution < -0.4 is 5.73 Å². The summed E-state index contributed by atoms with van der Waals surface area (Å²) >= 11 is 0. The predicted molar refractivity (Wildman–Crippen MR) is 79.6 cm³/mol. The van der Waals surface area contributed by atoms with Crippen molar-refractivity contribution in [2.24, 2.45) is 5.73 Å². The number of carbonyl (C=O) groups is 1. The molecule has 2 N–H and O–H groups in total. The van der Waals surface area contributed by atoms with E-state index >= 15 is 0 Å². The van der Waals surface area contributed by atoms with E-state index in [1.165, 1.54) is 19.3 Å².